The third-order valence-corrected chi connectivity index (χ3v) is 16.9. The summed E-state index contributed by atoms with van der Waals surface area (Å²) in [5.74, 6) is 0. The predicted molar refractivity (Wildman–Crippen MR) is 281 cm³/mol. The number of thiophene rings is 1. The van der Waals surface area contributed by atoms with Crippen LogP contribution in [0, 0.1) is 13.8 Å². The molecule has 0 unspecified atom stereocenters. The van der Waals surface area contributed by atoms with Crippen LogP contribution in [0.1, 0.15) is 114 Å². The Bertz CT molecular complexity index is 3200. The molecule has 1 aliphatic heterocycles. The normalized spacial score (nSPS) is 17.6. The molecule has 1 N–H and O–H groups in total. The minimum Gasteiger partial charge on any atom is -0.354 e. The molecule has 0 saturated carbocycles. The van der Waals surface area contributed by atoms with E-state index in [2.05, 4.69) is 207 Å². The van der Waals surface area contributed by atoms with Crippen LogP contribution in [-0.4, -0.2) is 7.28 Å². The van der Waals surface area contributed by atoms with E-state index in [0.717, 1.165) is 13.0 Å². The van der Waals surface area contributed by atoms with E-state index in [1.807, 2.05) is 11.3 Å². The van der Waals surface area contributed by atoms with E-state index in [1.54, 1.807) is 0 Å². The Morgan fingerprint density at radius 1 is 0.516 bits per heavy atom. The molecule has 8 aromatic rings. The first-order valence-corrected chi connectivity index (χ1v) is 24.5. The van der Waals surface area contributed by atoms with Crippen LogP contribution in [0.25, 0.3) is 42.4 Å². The molecule has 11 rings (SSSR count). The highest BCUT2D eigenvalue weighted by Gasteiger charge is 2.40. The second kappa shape index (κ2) is 14.5. The fourth-order valence-corrected chi connectivity index (χ4v) is 12.8. The minimum atomic E-state index is 0.0879. The highest BCUT2D eigenvalue weighted by atomic mass is 32.1. The molecule has 1 aromatic heterocycles. The van der Waals surface area contributed by atoms with E-state index in [1.165, 1.54) is 135 Å². The van der Waals surface area contributed by atoms with Gasteiger partial charge in [0.1, 0.15) is 0 Å². The molecule has 0 bridgehead atoms. The van der Waals surface area contributed by atoms with Crippen molar-refractivity contribution in [2.24, 2.45) is 0 Å². The van der Waals surface area contributed by atoms with Crippen molar-refractivity contribution in [1.82, 2.24) is 0 Å². The summed E-state index contributed by atoms with van der Waals surface area (Å²) in [5, 5.41) is 6.79. The van der Waals surface area contributed by atoms with Gasteiger partial charge >= 0.3 is 0 Å². The lowest BCUT2D eigenvalue weighted by atomic mass is 9.57. The third kappa shape index (κ3) is 6.57. The predicted octanol–water partition coefficient (Wildman–Crippen LogP) is 15.6. The van der Waals surface area contributed by atoms with Crippen LogP contribution in [-0.2, 0) is 21.7 Å². The molecule has 320 valence electrons. The number of benzene rings is 7. The van der Waals surface area contributed by atoms with Crippen molar-refractivity contribution >= 4 is 78.2 Å². The van der Waals surface area contributed by atoms with E-state index in [0.29, 0.717) is 0 Å². The first-order valence-electron chi connectivity index (χ1n) is 23.6. The van der Waals surface area contributed by atoms with Crippen molar-refractivity contribution in [2.75, 3.05) is 10.2 Å². The number of aryl methyl sites for hydroxylation is 2. The molecule has 2 heterocycles. The lowest BCUT2D eigenvalue weighted by Gasteiger charge is -2.44. The lowest BCUT2D eigenvalue weighted by molar-refractivity contribution is 0.332. The molecule has 7 aromatic carbocycles. The number of nitrogens with zero attached hydrogens (tertiary/aromatic N) is 1. The van der Waals surface area contributed by atoms with Crippen LogP contribution in [0.2, 0.25) is 0 Å². The summed E-state index contributed by atoms with van der Waals surface area (Å²) >= 11 is 1.90. The molecular formula is C60H61BN2S. The van der Waals surface area contributed by atoms with Gasteiger partial charge in [-0.3, -0.25) is 0 Å². The Morgan fingerprint density at radius 3 is 1.91 bits per heavy atom. The fraction of sp³-hybridized carbons (Fsp3) is 0.300. The third-order valence-electron chi connectivity index (χ3n) is 15.8. The van der Waals surface area contributed by atoms with Gasteiger partial charge in [-0.1, -0.05) is 146 Å². The van der Waals surface area contributed by atoms with Crippen molar-refractivity contribution in [2.45, 2.75) is 117 Å². The molecule has 4 heteroatoms. The molecule has 64 heavy (non-hydrogen) atoms. The van der Waals surface area contributed by atoms with Gasteiger partial charge in [0.05, 0.1) is 5.69 Å². The zero-order valence-electron chi connectivity index (χ0n) is 39.5. The summed E-state index contributed by atoms with van der Waals surface area (Å²) in [7, 11) is 0.837. The largest absolute Gasteiger partial charge is 0.354 e. The molecule has 0 spiro atoms. The van der Waals surface area contributed by atoms with Crippen LogP contribution in [0.15, 0.2) is 127 Å². The van der Waals surface area contributed by atoms with Crippen LogP contribution >= 0.6 is 11.3 Å². The van der Waals surface area contributed by atoms with Gasteiger partial charge in [-0.15, -0.1) is 11.3 Å². The summed E-state index contributed by atoms with van der Waals surface area (Å²) in [6, 6.07) is 49.1. The van der Waals surface area contributed by atoms with Gasteiger partial charge in [-0.25, -0.2) is 0 Å². The molecule has 0 atom stereocenters. The summed E-state index contributed by atoms with van der Waals surface area (Å²) in [6.07, 6.45) is 4.77. The molecule has 0 radical (unpaired) electrons. The van der Waals surface area contributed by atoms with Crippen LogP contribution in [0.4, 0.5) is 28.4 Å². The quantitative estimate of drug-likeness (QED) is 0.174. The van der Waals surface area contributed by atoms with Crippen molar-refractivity contribution < 1.29 is 0 Å². The van der Waals surface area contributed by atoms with E-state index in [9.17, 15) is 0 Å². The molecule has 2 aliphatic carbocycles. The second-order valence-corrected chi connectivity index (χ2v) is 23.2. The van der Waals surface area contributed by atoms with Crippen LogP contribution < -0.4 is 21.1 Å². The van der Waals surface area contributed by atoms with E-state index >= 15 is 0 Å². The monoisotopic (exact) mass is 852 g/mol. The van der Waals surface area contributed by atoms with Crippen molar-refractivity contribution in [1.29, 1.82) is 0 Å². The van der Waals surface area contributed by atoms with E-state index < -0.39 is 0 Å². The summed E-state index contributed by atoms with van der Waals surface area (Å²) in [4.78, 5) is 2.63. The highest BCUT2D eigenvalue weighted by Crippen LogP contribution is 2.52. The van der Waals surface area contributed by atoms with Gasteiger partial charge in [0, 0.05) is 48.5 Å². The molecule has 0 amide bonds. The average molecular weight is 853 g/mol. The summed E-state index contributed by atoms with van der Waals surface area (Å²) in [5.41, 5.74) is 23.0. The van der Waals surface area contributed by atoms with Gasteiger partial charge in [0.2, 0.25) is 0 Å². The Labute approximate surface area is 386 Å². The van der Waals surface area contributed by atoms with Gasteiger partial charge in [-0.05, 0) is 159 Å². The average Bonchev–Trinajstić information content (AvgIpc) is 3.66. The van der Waals surface area contributed by atoms with E-state index in [4.69, 9.17) is 0 Å². The van der Waals surface area contributed by atoms with Crippen molar-refractivity contribution in [3.05, 3.63) is 161 Å². The van der Waals surface area contributed by atoms with E-state index in [-0.39, 0.29) is 21.7 Å². The second-order valence-electron chi connectivity index (χ2n) is 22.1. The Kier molecular flexibility index (Phi) is 9.30. The maximum atomic E-state index is 4.18. The Hall–Kier alpha value is -5.58. The lowest BCUT2D eigenvalue weighted by Crippen LogP contribution is -2.41. The number of nitrogens with one attached hydrogen (secondary N) is 1. The first kappa shape index (κ1) is 41.2. The summed E-state index contributed by atoms with van der Waals surface area (Å²) in [6.45, 7) is 24.1. The standard InChI is InChI=1S/C60H61BN2S/c1-36-30-43(41-22-25-53-54(42-18-14-15-19-52(42)64-53)56(41)62-40-21-23-44-46(34-40)59(7,8)27-26-57(44,3)4)55-51(31-36)63(49-24-20-39(33-48(49)61-55)38-16-12-11-13-17-38)50-35-47-45(32-37(50)2)58(5,6)28-29-60(47,9)10/h11-25,30-35,61-62H,26-29H2,1-10H3. The number of anilines is 5. The molecule has 0 fully saturated rings. The van der Waals surface area contributed by atoms with Crippen molar-refractivity contribution in [3.63, 3.8) is 0 Å². The van der Waals surface area contributed by atoms with Crippen LogP contribution in [0.3, 0.4) is 0 Å². The smallest absolute Gasteiger partial charge is 0.198 e. The minimum absolute atomic E-state index is 0.0879. The first-order chi connectivity index (χ1) is 30.5. The van der Waals surface area contributed by atoms with Gasteiger partial charge in [-0.2, -0.15) is 0 Å². The summed E-state index contributed by atoms with van der Waals surface area (Å²) < 4.78 is 2.63. The molecule has 0 saturated heterocycles. The highest BCUT2D eigenvalue weighted by molar-refractivity contribution is 7.26. The zero-order chi connectivity index (χ0) is 44.5. The fourth-order valence-electron chi connectivity index (χ4n) is 11.7. The number of hydrogen-bond donors (Lipinski definition) is 1. The number of hydrogen-bond acceptors (Lipinski definition) is 3. The zero-order valence-corrected chi connectivity index (χ0v) is 40.3. The van der Waals surface area contributed by atoms with Gasteiger partial charge in [0.25, 0.3) is 0 Å². The van der Waals surface area contributed by atoms with Gasteiger partial charge in [0.15, 0.2) is 7.28 Å². The van der Waals surface area contributed by atoms with Crippen LogP contribution in [0.5, 0.6) is 0 Å². The molecular weight excluding hydrogens is 792 g/mol. The number of rotatable bonds is 5. The van der Waals surface area contributed by atoms with Gasteiger partial charge < -0.3 is 10.2 Å². The maximum absolute atomic E-state index is 4.18. The molecule has 3 aliphatic rings. The van der Waals surface area contributed by atoms with Crippen molar-refractivity contribution in [3.8, 4) is 22.3 Å². The SMILES string of the molecule is Cc1cc(-c2ccc3sc4ccccc4c3c2Nc2ccc3c(c2)C(C)(C)CCC3(C)C)c2c(c1)N(c1cc3c(cc1C)C(C)(C)CCC3(C)C)c1ccc(-c3ccccc3)cc1B2. The maximum Gasteiger partial charge on any atom is 0.198 e. The Balaban J connectivity index is 1.17. The molecule has 2 nitrogen and oxygen atoms in total. The topological polar surface area (TPSA) is 15.3 Å². The Morgan fingerprint density at radius 2 is 1.17 bits per heavy atom. The number of fused-ring (bicyclic) bond motifs is 7.